The molecular formula is C20H20ClN3O2. The summed E-state index contributed by atoms with van der Waals surface area (Å²) >= 11 is 6.49. The summed E-state index contributed by atoms with van der Waals surface area (Å²) in [5.74, 6) is 0.444. The Balaban J connectivity index is 1.93. The minimum atomic E-state index is 0.442. The fourth-order valence-corrected chi connectivity index (χ4v) is 3.09. The van der Waals surface area contributed by atoms with Crippen molar-refractivity contribution in [1.82, 2.24) is 15.3 Å². The summed E-state index contributed by atoms with van der Waals surface area (Å²) < 4.78 is 5.70. The molecule has 0 aliphatic carbocycles. The third kappa shape index (κ3) is 3.84. The van der Waals surface area contributed by atoms with Crippen LogP contribution in [-0.4, -0.2) is 36.5 Å². The number of aromatic nitrogens is 2. The zero-order chi connectivity index (χ0) is 18.5. The number of likely N-dealkylation sites (N-methyl/N-ethyl adjacent to an activating group) is 1. The average molecular weight is 370 g/mol. The number of nitrogens with one attached hydrogen (secondary N) is 1. The molecule has 2 aromatic heterocycles. The topological polar surface area (TPSA) is 64.1 Å². The molecule has 0 saturated carbocycles. The van der Waals surface area contributed by atoms with Crippen LogP contribution in [0.5, 0.6) is 5.75 Å². The second kappa shape index (κ2) is 8.25. The highest BCUT2D eigenvalue weighted by molar-refractivity contribution is 6.33. The number of halogens is 1. The highest BCUT2D eigenvalue weighted by Gasteiger charge is 2.16. The number of nitrogens with zero attached hydrogens (tertiary/aromatic N) is 2. The van der Waals surface area contributed by atoms with E-state index in [-0.39, 0.29) is 0 Å². The van der Waals surface area contributed by atoms with Crippen LogP contribution in [0.15, 0.2) is 36.7 Å². The largest absolute Gasteiger partial charge is 0.490 e. The quantitative estimate of drug-likeness (QED) is 0.509. The van der Waals surface area contributed by atoms with E-state index >= 15 is 0 Å². The number of ether oxygens (including phenoxy) is 1. The molecule has 0 saturated heterocycles. The van der Waals surface area contributed by atoms with Crippen molar-refractivity contribution in [3.8, 4) is 5.75 Å². The SMILES string of the molecule is CNCCOc1c(C=O)cc(Cc2cnc3ncccc3c2)c(C)c1Cl. The number of fused-ring (bicyclic) bond motifs is 1. The predicted molar refractivity (Wildman–Crippen MR) is 103 cm³/mol. The van der Waals surface area contributed by atoms with Gasteiger partial charge in [0, 0.05) is 24.3 Å². The van der Waals surface area contributed by atoms with Crippen molar-refractivity contribution in [3.63, 3.8) is 0 Å². The summed E-state index contributed by atoms with van der Waals surface area (Å²) in [7, 11) is 1.84. The predicted octanol–water partition coefficient (Wildman–Crippen LogP) is 3.59. The number of hydrogen-bond donors (Lipinski definition) is 1. The van der Waals surface area contributed by atoms with Gasteiger partial charge in [-0.2, -0.15) is 0 Å². The second-order valence-corrected chi connectivity index (χ2v) is 6.41. The molecule has 3 rings (SSSR count). The van der Waals surface area contributed by atoms with E-state index in [1.54, 1.807) is 12.4 Å². The van der Waals surface area contributed by atoms with Crippen LogP contribution in [0.3, 0.4) is 0 Å². The molecule has 0 aliphatic heterocycles. The van der Waals surface area contributed by atoms with Crippen molar-refractivity contribution in [1.29, 1.82) is 0 Å². The molecule has 6 heteroatoms. The van der Waals surface area contributed by atoms with Crippen molar-refractivity contribution in [2.75, 3.05) is 20.2 Å². The van der Waals surface area contributed by atoms with Gasteiger partial charge in [0.25, 0.3) is 0 Å². The number of carbonyl (C=O) groups excluding carboxylic acids is 1. The minimum Gasteiger partial charge on any atom is -0.490 e. The molecule has 0 radical (unpaired) electrons. The molecule has 0 spiro atoms. The van der Waals surface area contributed by atoms with Gasteiger partial charge in [-0.25, -0.2) is 9.97 Å². The van der Waals surface area contributed by atoms with Gasteiger partial charge in [-0.3, -0.25) is 4.79 Å². The molecule has 26 heavy (non-hydrogen) atoms. The highest BCUT2D eigenvalue weighted by atomic mass is 35.5. The van der Waals surface area contributed by atoms with Gasteiger partial charge in [0.2, 0.25) is 0 Å². The lowest BCUT2D eigenvalue weighted by Crippen LogP contribution is -2.17. The minimum absolute atomic E-state index is 0.442. The first kappa shape index (κ1) is 18.3. The Hall–Kier alpha value is -2.50. The molecule has 0 bridgehead atoms. The maximum absolute atomic E-state index is 11.5. The number of benzene rings is 1. The summed E-state index contributed by atoms with van der Waals surface area (Å²) in [5, 5.41) is 4.46. The van der Waals surface area contributed by atoms with Crippen LogP contribution in [0.1, 0.15) is 27.0 Å². The van der Waals surface area contributed by atoms with Crippen LogP contribution in [0.25, 0.3) is 11.0 Å². The first-order valence-electron chi connectivity index (χ1n) is 8.38. The van der Waals surface area contributed by atoms with Crippen molar-refractivity contribution >= 4 is 28.9 Å². The number of carbonyl (C=O) groups is 1. The van der Waals surface area contributed by atoms with Gasteiger partial charge in [0.15, 0.2) is 11.9 Å². The number of hydrogen-bond acceptors (Lipinski definition) is 5. The lowest BCUT2D eigenvalue weighted by Gasteiger charge is -2.16. The van der Waals surface area contributed by atoms with Crippen LogP contribution in [0.2, 0.25) is 5.02 Å². The normalized spacial score (nSPS) is 10.9. The Morgan fingerprint density at radius 3 is 2.92 bits per heavy atom. The van der Waals surface area contributed by atoms with E-state index in [1.807, 2.05) is 32.2 Å². The molecule has 0 amide bonds. The third-order valence-electron chi connectivity index (χ3n) is 4.23. The smallest absolute Gasteiger partial charge is 0.159 e. The Labute approximate surface area is 157 Å². The summed E-state index contributed by atoms with van der Waals surface area (Å²) in [5.41, 5.74) is 4.09. The fourth-order valence-electron chi connectivity index (χ4n) is 2.80. The van der Waals surface area contributed by atoms with Crippen molar-refractivity contribution in [3.05, 3.63) is 63.9 Å². The monoisotopic (exact) mass is 369 g/mol. The summed E-state index contributed by atoms with van der Waals surface area (Å²) in [6.07, 6.45) is 4.94. The van der Waals surface area contributed by atoms with E-state index in [4.69, 9.17) is 16.3 Å². The summed E-state index contributed by atoms with van der Waals surface area (Å²) in [6.45, 7) is 3.05. The van der Waals surface area contributed by atoms with Crippen LogP contribution in [-0.2, 0) is 6.42 Å². The lowest BCUT2D eigenvalue weighted by atomic mass is 9.98. The van der Waals surface area contributed by atoms with Gasteiger partial charge in [-0.05, 0) is 61.3 Å². The summed E-state index contributed by atoms with van der Waals surface area (Å²) in [4.78, 5) is 20.2. The van der Waals surface area contributed by atoms with Crippen molar-refractivity contribution < 1.29 is 9.53 Å². The van der Waals surface area contributed by atoms with Crippen LogP contribution in [0, 0.1) is 6.92 Å². The van der Waals surface area contributed by atoms with Crippen LogP contribution >= 0.6 is 11.6 Å². The maximum Gasteiger partial charge on any atom is 0.159 e. The van der Waals surface area contributed by atoms with E-state index in [1.165, 1.54) is 0 Å². The fraction of sp³-hybridized carbons (Fsp3) is 0.250. The van der Waals surface area contributed by atoms with Crippen LogP contribution < -0.4 is 10.1 Å². The highest BCUT2D eigenvalue weighted by Crippen LogP contribution is 2.34. The number of rotatable bonds is 7. The summed E-state index contributed by atoms with van der Waals surface area (Å²) in [6, 6.07) is 7.77. The number of aldehydes is 1. The molecule has 0 aliphatic rings. The Bertz CT molecular complexity index is 944. The van der Waals surface area contributed by atoms with Crippen LogP contribution in [0.4, 0.5) is 0 Å². The van der Waals surface area contributed by atoms with E-state index in [9.17, 15) is 4.79 Å². The van der Waals surface area contributed by atoms with Crippen molar-refractivity contribution in [2.45, 2.75) is 13.3 Å². The lowest BCUT2D eigenvalue weighted by molar-refractivity contribution is 0.111. The zero-order valence-corrected chi connectivity index (χ0v) is 15.5. The Morgan fingerprint density at radius 2 is 2.15 bits per heavy atom. The van der Waals surface area contributed by atoms with Gasteiger partial charge in [-0.15, -0.1) is 0 Å². The molecule has 0 atom stereocenters. The molecule has 0 unspecified atom stereocenters. The Kier molecular flexibility index (Phi) is 5.81. The van der Waals surface area contributed by atoms with Gasteiger partial charge in [0.1, 0.15) is 12.4 Å². The molecule has 134 valence electrons. The van der Waals surface area contributed by atoms with Gasteiger partial charge in [-0.1, -0.05) is 11.6 Å². The molecular weight excluding hydrogens is 350 g/mol. The van der Waals surface area contributed by atoms with E-state index < -0.39 is 0 Å². The second-order valence-electron chi connectivity index (χ2n) is 6.03. The van der Waals surface area contributed by atoms with Gasteiger partial charge >= 0.3 is 0 Å². The number of pyridine rings is 2. The maximum atomic E-state index is 11.5. The van der Waals surface area contributed by atoms with Crippen molar-refractivity contribution in [2.24, 2.45) is 0 Å². The molecule has 1 N–H and O–H groups in total. The zero-order valence-electron chi connectivity index (χ0n) is 14.8. The first-order chi connectivity index (χ1) is 12.6. The molecule has 1 aromatic carbocycles. The van der Waals surface area contributed by atoms with E-state index in [0.29, 0.717) is 41.6 Å². The molecule has 3 aromatic rings. The van der Waals surface area contributed by atoms with E-state index in [2.05, 4.69) is 21.4 Å². The third-order valence-corrected chi connectivity index (χ3v) is 4.69. The molecule has 5 nitrogen and oxygen atoms in total. The Morgan fingerprint density at radius 1 is 1.31 bits per heavy atom. The molecule has 2 heterocycles. The average Bonchev–Trinajstić information content (AvgIpc) is 2.67. The first-order valence-corrected chi connectivity index (χ1v) is 8.76. The molecule has 0 fully saturated rings. The van der Waals surface area contributed by atoms with Gasteiger partial charge < -0.3 is 10.1 Å². The van der Waals surface area contributed by atoms with E-state index in [0.717, 1.165) is 28.4 Å². The standard InChI is InChI=1S/C20H20ClN3O2/c1-13-16(9-14-8-15-4-3-5-23-20(15)24-11-14)10-17(12-25)19(18(13)21)26-7-6-22-2/h3-5,8,10-12,22H,6-7,9H2,1-2H3. The van der Waals surface area contributed by atoms with Gasteiger partial charge in [0.05, 0.1) is 10.6 Å².